The molecular weight excluding hydrogens is 377 g/mol. The minimum Gasteiger partial charge on any atom is -0.340 e. The lowest BCUT2D eigenvalue weighted by molar-refractivity contribution is -0.137. The van der Waals surface area contributed by atoms with Crippen molar-refractivity contribution >= 4 is 23.2 Å². The van der Waals surface area contributed by atoms with Crippen molar-refractivity contribution in [3.05, 3.63) is 57.8 Å². The van der Waals surface area contributed by atoms with Crippen molar-refractivity contribution in [3.63, 3.8) is 0 Å². The van der Waals surface area contributed by atoms with Gasteiger partial charge in [-0.05, 0) is 35.1 Å². The van der Waals surface area contributed by atoms with Gasteiger partial charge in [-0.25, -0.2) is 0 Å². The summed E-state index contributed by atoms with van der Waals surface area (Å²) in [4.78, 5) is 26.9. The van der Waals surface area contributed by atoms with Crippen molar-refractivity contribution in [1.29, 1.82) is 0 Å². The highest BCUT2D eigenvalue weighted by Gasteiger charge is 2.30. The highest BCUT2D eigenvalue weighted by Crippen LogP contribution is 2.29. The smallest absolute Gasteiger partial charge is 0.340 e. The van der Waals surface area contributed by atoms with Crippen LogP contribution in [0.3, 0.4) is 0 Å². The molecule has 0 radical (unpaired) electrons. The Morgan fingerprint density at radius 2 is 1.78 bits per heavy atom. The molecular formula is C19H21F3N2O2S. The number of rotatable bonds is 6. The molecule has 2 amide bonds. The van der Waals surface area contributed by atoms with E-state index in [-0.39, 0.29) is 24.3 Å². The zero-order valence-corrected chi connectivity index (χ0v) is 16.0. The van der Waals surface area contributed by atoms with Crippen LogP contribution in [0.4, 0.5) is 13.2 Å². The number of thiophene rings is 1. The number of alkyl halides is 3. The van der Waals surface area contributed by atoms with Gasteiger partial charge in [-0.2, -0.15) is 13.2 Å². The van der Waals surface area contributed by atoms with E-state index in [1.807, 2.05) is 13.8 Å². The first-order valence-electron chi connectivity index (χ1n) is 8.35. The summed E-state index contributed by atoms with van der Waals surface area (Å²) in [7, 11) is 1.56. The van der Waals surface area contributed by atoms with Crippen LogP contribution in [-0.4, -0.2) is 29.8 Å². The van der Waals surface area contributed by atoms with Crippen molar-refractivity contribution in [2.45, 2.75) is 32.6 Å². The van der Waals surface area contributed by atoms with Gasteiger partial charge < -0.3 is 10.2 Å². The van der Waals surface area contributed by atoms with Gasteiger partial charge in [-0.1, -0.05) is 32.0 Å². The number of hydrogen-bond acceptors (Lipinski definition) is 3. The molecule has 1 heterocycles. The van der Waals surface area contributed by atoms with E-state index >= 15 is 0 Å². The summed E-state index contributed by atoms with van der Waals surface area (Å²) in [5.74, 6) is -0.758. The van der Waals surface area contributed by atoms with Crippen LogP contribution >= 0.6 is 11.3 Å². The molecule has 0 bridgehead atoms. The molecule has 0 aliphatic rings. The lowest BCUT2D eigenvalue weighted by Crippen LogP contribution is -2.49. The van der Waals surface area contributed by atoms with Gasteiger partial charge in [0.2, 0.25) is 5.91 Å². The molecule has 27 heavy (non-hydrogen) atoms. The Morgan fingerprint density at radius 3 is 2.26 bits per heavy atom. The maximum atomic E-state index is 12.8. The SMILES string of the molecule is CC(C)C(NC(=O)c1cccs1)C(=O)N(C)Cc1ccc(C(F)(F)F)cc1. The van der Waals surface area contributed by atoms with Gasteiger partial charge in [0, 0.05) is 13.6 Å². The van der Waals surface area contributed by atoms with E-state index in [9.17, 15) is 22.8 Å². The number of hydrogen-bond donors (Lipinski definition) is 1. The van der Waals surface area contributed by atoms with Crippen LogP contribution in [0.5, 0.6) is 0 Å². The summed E-state index contributed by atoms with van der Waals surface area (Å²) in [6, 6.07) is 7.39. The summed E-state index contributed by atoms with van der Waals surface area (Å²) in [6.45, 7) is 3.79. The van der Waals surface area contributed by atoms with E-state index in [4.69, 9.17) is 0 Å². The van der Waals surface area contributed by atoms with E-state index in [0.29, 0.717) is 10.4 Å². The first kappa shape index (κ1) is 21.0. The average molecular weight is 398 g/mol. The number of benzene rings is 1. The Kier molecular flexibility index (Phi) is 6.64. The Bertz CT molecular complexity index is 771. The highest BCUT2D eigenvalue weighted by atomic mass is 32.1. The number of nitrogens with zero attached hydrogens (tertiary/aromatic N) is 1. The molecule has 4 nitrogen and oxygen atoms in total. The monoisotopic (exact) mass is 398 g/mol. The fraction of sp³-hybridized carbons (Fsp3) is 0.368. The van der Waals surface area contributed by atoms with E-state index in [0.717, 1.165) is 12.1 Å². The predicted molar refractivity (Wildman–Crippen MR) is 98.3 cm³/mol. The van der Waals surface area contributed by atoms with E-state index in [2.05, 4.69) is 5.32 Å². The van der Waals surface area contributed by atoms with Crippen molar-refractivity contribution in [2.75, 3.05) is 7.05 Å². The second-order valence-corrected chi connectivity index (χ2v) is 7.51. The minimum atomic E-state index is -4.39. The van der Waals surface area contributed by atoms with Gasteiger partial charge in [0.1, 0.15) is 6.04 Å². The van der Waals surface area contributed by atoms with Crippen LogP contribution in [0, 0.1) is 5.92 Å². The molecule has 0 spiro atoms. The maximum Gasteiger partial charge on any atom is 0.416 e. The quantitative estimate of drug-likeness (QED) is 0.794. The van der Waals surface area contributed by atoms with Gasteiger partial charge in [0.05, 0.1) is 10.4 Å². The lowest BCUT2D eigenvalue weighted by Gasteiger charge is -2.27. The third kappa shape index (κ3) is 5.56. The fourth-order valence-corrected chi connectivity index (χ4v) is 3.15. The van der Waals surface area contributed by atoms with E-state index < -0.39 is 17.8 Å². The largest absolute Gasteiger partial charge is 0.416 e. The normalized spacial score (nSPS) is 12.7. The Balaban J connectivity index is 2.05. The number of amides is 2. The molecule has 1 atom stereocenters. The van der Waals surface area contributed by atoms with E-state index in [1.165, 1.54) is 28.4 Å². The third-order valence-electron chi connectivity index (χ3n) is 4.04. The van der Waals surface area contributed by atoms with Crippen LogP contribution < -0.4 is 5.32 Å². The Morgan fingerprint density at radius 1 is 1.15 bits per heavy atom. The maximum absolute atomic E-state index is 12.8. The second-order valence-electron chi connectivity index (χ2n) is 6.56. The van der Waals surface area contributed by atoms with Crippen LogP contribution in [0.2, 0.25) is 0 Å². The van der Waals surface area contributed by atoms with Crippen molar-refractivity contribution in [2.24, 2.45) is 5.92 Å². The molecule has 1 aromatic heterocycles. The molecule has 2 rings (SSSR count). The van der Waals surface area contributed by atoms with Crippen molar-refractivity contribution in [3.8, 4) is 0 Å². The van der Waals surface area contributed by atoms with Gasteiger partial charge in [0.25, 0.3) is 5.91 Å². The number of halogens is 3. The molecule has 0 saturated carbocycles. The molecule has 1 aromatic carbocycles. The number of likely N-dealkylation sites (N-methyl/N-ethyl adjacent to an activating group) is 1. The average Bonchev–Trinajstić information content (AvgIpc) is 3.13. The number of carbonyl (C=O) groups excluding carboxylic acids is 2. The van der Waals surface area contributed by atoms with Crippen molar-refractivity contribution < 1.29 is 22.8 Å². The highest BCUT2D eigenvalue weighted by molar-refractivity contribution is 7.12. The Labute approximate surface area is 160 Å². The first-order valence-corrected chi connectivity index (χ1v) is 9.23. The number of carbonyl (C=O) groups is 2. The standard InChI is InChI=1S/C19H21F3N2O2S/c1-12(2)16(23-17(25)15-5-4-10-27-15)18(26)24(3)11-13-6-8-14(9-7-13)19(20,21)22/h4-10,12,16H,11H2,1-3H3,(H,23,25). The predicted octanol–water partition coefficient (Wildman–Crippen LogP) is 4.18. The molecule has 1 N–H and O–H groups in total. The zero-order chi connectivity index (χ0) is 20.2. The zero-order valence-electron chi connectivity index (χ0n) is 15.2. The third-order valence-corrected chi connectivity index (χ3v) is 4.91. The molecule has 8 heteroatoms. The van der Waals surface area contributed by atoms with E-state index in [1.54, 1.807) is 24.6 Å². The molecule has 146 valence electrons. The second kappa shape index (κ2) is 8.56. The Hall–Kier alpha value is -2.35. The summed E-state index contributed by atoms with van der Waals surface area (Å²) >= 11 is 1.28. The van der Waals surface area contributed by atoms with Gasteiger partial charge >= 0.3 is 6.18 Å². The molecule has 0 fully saturated rings. The first-order chi connectivity index (χ1) is 12.6. The van der Waals surface area contributed by atoms with Crippen LogP contribution in [-0.2, 0) is 17.5 Å². The molecule has 1 unspecified atom stereocenters. The molecule has 0 aliphatic carbocycles. The number of nitrogens with one attached hydrogen (secondary N) is 1. The summed E-state index contributed by atoms with van der Waals surface area (Å²) in [5.41, 5.74) is -0.158. The van der Waals surface area contributed by atoms with Crippen molar-refractivity contribution in [1.82, 2.24) is 10.2 Å². The molecule has 0 saturated heterocycles. The van der Waals surface area contributed by atoms with Crippen LogP contribution in [0.15, 0.2) is 41.8 Å². The lowest BCUT2D eigenvalue weighted by atomic mass is 10.0. The minimum absolute atomic E-state index is 0.142. The topological polar surface area (TPSA) is 49.4 Å². The van der Waals surface area contributed by atoms with Gasteiger partial charge in [-0.15, -0.1) is 11.3 Å². The molecule has 2 aromatic rings. The van der Waals surface area contributed by atoms with Crippen LogP contribution in [0.1, 0.15) is 34.6 Å². The fourth-order valence-electron chi connectivity index (χ4n) is 2.52. The van der Waals surface area contributed by atoms with Crippen LogP contribution in [0.25, 0.3) is 0 Å². The molecule has 0 aliphatic heterocycles. The van der Waals surface area contributed by atoms with Gasteiger partial charge in [-0.3, -0.25) is 9.59 Å². The summed E-state index contributed by atoms with van der Waals surface area (Å²) in [6.07, 6.45) is -4.39. The summed E-state index contributed by atoms with van der Waals surface area (Å²) in [5, 5.41) is 4.52. The van der Waals surface area contributed by atoms with Gasteiger partial charge in [0.15, 0.2) is 0 Å². The summed E-state index contributed by atoms with van der Waals surface area (Å²) < 4.78 is 37.9.